The monoisotopic (exact) mass is 221 g/mol. The van der Waals surface area contributed by atoms with E-state index in [1.54, 1.807) is 0 Å². The van der Waals surface area contributed by atoms with Crippen molar-refractivity contribution in [1.29, 1.82) is 0 Å². The van der Waals surface area contributed by atoms with Crippen LogP contribution in [-0.2, 0) is 0 Å². The minimum absolute atomic E-state index is 0.394. The molecule has 1 heterocycles. The highest BCUT2D eigenvalue weighted by molar-refractivity contribution is 5.96. The van der Waals surface area contributed by atoms with Crippen molar-refractivity contribution < 1.29 is 4.42 Å². The number of rotatable bonds is 2. The van der Waals surface area contributed by atoms with Crippen LogP contribution in [0.4, 0.5) is 0 Å². The minimum atomic E-state index is 0.394. The van der Waals surface area contributed by atoms with Crippen molar-refractivity contribution in [3.05, 3.63) is 23.7 Å². The first-order valence-corrected chi connectivity index (χ1v) is 5.91. The quantitative estimate of drug-likeness (QED) is 0.348. The Bertz CT molecular complexity index is 364. The molecule has 2 rings (SSSR count). The average Bonchev–Trinajstić information content (AvgIpc) is 2.74. The second kappa shape index (κ2) is 5.16. The lowest BCUT2D eigenvalue weighted by molar-refractivity contribution is 0.440. The smallest absolute Gasteiger partial charge is 0.179 e. The molecule has 1 aromatic rings. The largest absolute Gasteiger partial charge is 0.458 e. The van der Waals surface area contributed by atoms with Crippen molar-refractivity contribution >= 4 is 5.84 Å². The molecule has 88 valence electrons. The normalized spacial score (nSPS) is 18.8. The van der Waals surface area contributed by atoms with E-state index in [9.17, 15) is 0 Å². The molecule has 1 aliphatic carbocycles. The third kappa shape index (κ3) is 2.64. The van der Waals surface area contributed by atoms with Crippen LogP contribution in [0.1, 0.15) is 43.6 Å². The fourth-order valence-corrected chi connectivity index (χ4v) is 2.13. The molecule has 4 heteroatoms. The van der Waals surface area contributed by atoms with Crippen LogP contribution >= 0.6 is 0 Å². The number of furan rings is 1. The zero-order valence-corrected chi connectivity index (χ0v) is 9.70. The molecule has 0 radical (unpaired) electrons. The Morgan fingerprint density at radius 2 is 2.12 bits per heavy atom. The van der Waals surface area contributed by atoms with Crippen molar-refractivity contribution in [2.75, 3.05) is 0 Å². The Labute approximate surface area is 95.9 Å². The molecule has 4 nitrogen and oxygen atoms in total. The molecule has 0 aromatic carbocycles. The van der Waals surface area contributed by atoms with Gasteiger partial charge in [0.2, 0.25) is 0 Å². The van der Waals surface area contributed by atoms with Crippen LogP contribution in [0.15, 0.2) is 21.5 Å². The van der Waals surface area contributed by atoms with E-state index in [0.717, 1.165) is 24.4 Å². The van der Waals surface area contributed by atoms with Gasteiger partial charge in [-0.1, -0.05) is 19.3 Å². The summed E-state index contributed by atoms with van der Waals surface area (Å²) < 4.78 is 5.50. The fourth-order valence-electron chi connectivity index (χ4n) is 2.13. The molecule has 1 aromatic heterocycles. The molecule has 1 saturated carbocycles. The summed E-state index contributed by atoms with van der Waals surface area (Å²) in [5.74, 6) is 7.76. The standard InChI is InChI=1S/C12H19N3O/c1-9-7-8-11(16-9)12(15-13)14-10-5-3-2-4-6-10/h7-8,10H,2-6,13H2,1H3,(H,14,15). The van der Waals surface area contributed by atoms with E-state index < -0.39 is 0 Å². The van der Waals surface area contributed by atoms with E-state index in [2.05, 4.69) is 10.4 Å². The highest BCUT2D eigenvalue weighted by atomic mass is 16.3. The van der Waals surface area contributed by atoms with Gasteiger partial charge in [-0.15, -0.1) is 0 Å². The molecule has 0 bridgehead atoms. The Morgan fingerprint density at radius 3 is 2.69 bits per heavy atom. The Morgan fingerprint density at radius 1 is 1.38 bits per heavy atom. The Kier molecular flexibility index (Phi) is 3.62. The lowest BCUT2D eigenvalue weighted by Gasteiger charge is -2.18. The number of amidine groups is 1. The van der Waals surface area contributed by atoms with Crippen molar-refractivity contribution in [1.82, 2.24) is 5.43 Å². The van der Waals surface area contributed by atoms with Gasteiger partial charge < -0.3 is 9.84 Å². The van der Waals surface area contributed by atoms with Gasteiger partial charge in [0.1, 0.15) is 5.76 Å². The second-order valence-corrected chi connectivity index (χ2v) is 4.32. The lowest BCUT2D eigenvalue weighted by Crippen LogP contribution is -2.32. The molecule has 0 atom stereocenters. The number of hydrogen-bond donors (Lipinski definition) is 2. The van der Waals surface area contributed by atoms with Crippen molar-refractivity contribution in [3.8, 4) is 0 Å². The molecule has 0 unspecified atom stereocenters. The lowest BCUT2D eigenvalue weighted by atomic mass is 9.96. The van der Waals surface area contributed by atoms with Crippen LogP contribution in [0.3, 0.4) is 0 Å². The number of hydrazine groups is 1. The number of nitrogens with one attached hydrogen (secondary N) is 1. The summed E-state index contributed by atoms with van der Waals surface area (Å²) in [5, 5.41) is 0. The predicted octanol–water partition coefficient (Wildman–Crippen LogP) is 2.13. The van der Waals surface area contributed by atoms with Gasteiger partial charge in [0.15, 0.2) is 11.6 Å². The van der Waals surface area contributed by atoms with Gasteiger partial charge in [0.05, 0.1) is 6.04 Å². The predicted molar refractivity (Wildman–Crippen MR) is 64.2 cm³/mol. The minimum Gasteiger partial charge on any atom is -0.458 e. The summed E-state index contributed by atoms with van der Waals surface area (Å²) in [6.45, 7) is 1.91. The van der Waals surface area contributed by atoms with E-state index in [4.69, 9.17) is 10.3 Å². The first kappa shape index (κ1) is 11.2. The molecule has 16 heavy (non-hydrogen) atoms. The average molecular weight is 221 g/mol. The van der Waals surface area contributed by atoms with Crippen LogP contribution in [0.2, 0.25) is 0 Å². The molecule has 0 saturated heterocycles. The maximum atomic E-state index is 5.50. The highest BCUT2D eigenvalue weighted by Gasteiger charge is 2.14. The third-order valence-corrected chi connectivity index (χ3v) is 3.00. The summed E-state index contributed by atoms with van der Waals surface area (Å²) in [6.07, 6.45) is 6.18. The number of nitrogens with two attached hydrogens (primary N) is 1. The zero-order valence-electron chi connectivity index (χ0n) is 9.70. The first-order chi connectivity index (χ1) is 7.79. The molecule has 0 amide bonds. The maximum absolute atomic E-state index is 5.50. The van der Waals surface area contributed by atoms with Crippen molar-refractivity contribution in [2.24, 2.45) is 10.8 Å². The SMILES string of the molecule is Cc1ccc(C(=NC2CCCCC2)NN)o1. The molecule has 1 aliphatic rings. The highest BCUT2D eigenvalue weighted by Crippen LogP contribution is 2.21. The summed E-state index contributed by atoms with van der Waals surface area (Å²) in [4.78, 5) is 4.62. The van der Waals surface area contributed by atoms with E-state index >= 15 is 0 Å². The molecular weight excluding hydrogens is 202 g/mol. The summed E-state index contributed by atoms with van der Waals surface area (Å²) in [6, 6.07) is 4.21. The third-order valence-electron chi connectivity index (χ3n) is 3.00. The van der Waals surface area contributed by atoms with Gasteiger partial charge in [0.25, 0.3) is 0 Å². The van der Waals surface area contributed by atoms with Crippen LogP contribution < -0.4 is 11.3 Å². The van der Waals surface area contributed by atoms with Gasteiger partial charge in [-0.2, -0.15) is 0 Å². The van der Waals surface area contributed by atoms with E-state index in [-0.39, 0.29) is 0 Å². The van der Waals surface area contributed by atoms with E-state index in [1.165, 1.54) is 19.3 Å². The van der Waals surface area contributed by atoms with Crippen molar-refractivity contribution in [3.63, 3.8) is 0 Å². The molecule has 3 N–H and O–H groups in total. The van der Waals surface area contributed by atoms with Gasteiger partial charge in [-0.25, -0.2) is 5.84 Å². The van der Waals surface area contributed by atoms with Crippen molar-refractivity contribution in [2.45, 2.75) is 45.1 Å². The molecular formula is C12H19N3O. The van der Waals surface area contributed by atoms with Gasteiger partial charge in [-0.3, -0.25) is 4.99 Å². The van der Waals surface area contributed by atoms with E-state index in [0.29, 0.717) is 11.9 Å². The van der Waals surface area contributed by atoms with Gasteiger partial charge >= 0.3 is 0 Å². The van der Waals surface area contributed by atoms with Crippen LogP contribution in [0.5, 0.6) is 0 Å². The fraction of sp³-hybridized carbons (Fsp3) is 0.583. The molecule has 0 aliphatic heterocycles. The molecule has 1 fully saturated rings. The maximum Gasteiger partial charge on any atom is 0.179 e. The molecule has 0 spiro atoms. The van der Waals surface area contributed by atoms with Gasteiger partial charge in [0, 0.05) is 0 Å². The summed E-state index contributed by atoms with van der Waals surface area (Å²) >= 11 is 0. The first-order valence-electron chi connectivity index (χ1n) is 5.91. The number of aliphatic imine (C=N–C) groups is 1. The van der Waals surface area contributed by atoms with E-state index in [1.807, 2.05) is 19.1 Å². The van der Waals surface area contributed by atoms with Crippen LogP contribution in [-0.4, -0.2) is 11.9 Å². The van der Waals surface area contributed by atoms with Crippen LogP contribution in [0, 0.1) is 6.92 Å². The second-order valence-electron chi connectivity index (χ2n) is 4.32. The number of aryl methyl sites for hydroxylation is 1. The number of hydrogen-bond acceptors (Lipinski definition) is 3. The van der Waals surface area contributed by atoms with Crippen LogP contribution in [0.25, 0.3) is 0 Å². The summed E-state index contributed by atoms with van der Waals surface area (Å²) in [5.41, 5.74) is 2.64. The van der Waals surface area contributed by atoms with Gasteiger partial charge in [-0.05, 0) is 31.9 Å². The topological polar surface area (TPSA) is 63.5 Å². The zero-order chi connectivity index (χ0) is 11.4. The number of nitrogens with zero attached hydrogens (tertiary/aromatic N) is 1. The summed E-state index contributed by atoms with van der Waals surface area (Å²) in [7, 11) is 0. The Hall–Kier alpha value is -1.29. The Balaban J connectivity index is 2.11.